The lowest BCUT2D eigenvalue weighted by molar-refractivity contribution is -0.384. The zero-order chi connectivity index (χ0) is 22.1. The molecule has 0 saturated carbocycles. The van der Waals surface area contributed by atoms with Gasteiger partial charge in [0.05, 0.1) is 15.6 Å². The number of nitrogens with zero attached hydrogens (tertiary/aromatic N) is 3. The predicted octanol–water partition coefficient (Wildman–Crippen LogP) is 4.16. The maximum Gasteiger partial charge on any atom is 0.271 e. The molecule has 1 aliphatic carbocycles. The largest absolute Gasteiger partial charge is 0.325 e. The van der Waals surface area contributed by atoms with E-state index in [0.717, 1.165) is 24.8 Å². The van der Waals surface area contributed by atoms with Gasteiger partial charge in [-0.25, -0.2) is 4.98 Å². The monoisotopic (exact) mass is 456 g/mol. The van der Waals surface area contributed by atoms with Crippen LogP contribution in [0, 0.1) is 10.1 Å². The van der Waals surface area contributed by atoms with Crippen molar-refractivity contribution in [3.05, 3.63) is 67.8 Å². The van der Waals surface area contributed by atoms with Gasteiger partial charge in [0, 0.05) is 29.2 Å². The smallest absolute Gasteiger partial charge is 0.271 e. The molecule has 4 rings (SSSR count). The fourth-order valence-corrected chi connectivity index (χ4v) is 5.81. The van der Waals surface area contributed by atoms with E-state index in [-0.39, 0.29) is 17.2 Å². The minimum atomic E-state index is -0.577. The Labute approximate surface area is 186 Å². The van der Waals surface area contributed by atoms with Gasteiger partial charge in [0.25, 0.3) is 11.2 Å². The highest BCUT2D eigenvalue weighted by molar-refractivity contribution is 8.00. The minimum Gasteiger partial charge on any atom is -0.325 e. The molecule has 0 spiro atoms. The number of non-ortho nitro benzene ring substituents is 1. The molecule has 1 N–H and O–H groups in total. The number of nitrogens with one attached hydrogen (secondary N) is 1. The highest BCUT2D eigenvalue weighted by Crippen LogP contribution is 2.36. The number of nitro benzene ring substituents is 1. The number of nitro groups is 1. The van der Waals surface area contributed by atoms with Crippen LogP contribution < -0.4 is 10.9 Å². The first-order valence-corrected chi connectivity index (χ1v) is 11.5. The third kappa shape index (κ3) is 4.13. The molecule has 1 aliphatic rings. The van der Waals surface area contributed by atoms with Crippen LogP contribution >= 0.6 is 23.1 Å². The molecule has 2 aromatic heterocycles. The number of carbonyl (C=O) groups is 1. The van der Waals surface area contributed by atoms with Gasteiger partial charge >= 0.3 is 0 Å². The van der Waals surface area contributed by atoms with Gasteiger partial charge in [-0.2, -0.15) is 0 Å². The Balaban J connectivity index is 1.61. The molecular formula is C21H20N4O4S2. The lowest BCUT2D eigenvalue weighted by atomic mass is 10.2. The van der Waals surface area contributed by atoms with E-state index in [1.807, 2.05) is 0 Å². The number of hydrogen-bond donors (Lipinski definition) is 1. The Morgan fingerprint density at radius 2 is 2.29 bits per heavy atom. The molecule has 3 aromatic rings. The molecule has 0 aliphatic heterocycles. The maximum atomic E-state index is 13.2. The van der Waals surface area contributed by atoms with Crippen LogP contribution in [0.25, 0.3) is 10.2 Å². The Morgan fingerprint density at radius 1 is 1.48 bits per heavy atom. The number of hydrogen-bond acceptors (Lipinski definition) is 7. The van der Waals surface area contributed by atoms with E-state index in [0.29, 0.717) is 27.6 Å². The normalized spacial score (nSPS) is 13.7. The lowest BCUT2D eigenvalue weighted by Gasteiger charge is -2.15. The van der Waals surface area contributed by atoms with Gasteiger partial charge in [0.1, 0.15) is 4.83 Å². The molecule has 0 saturated heterocycles. The maximum absolute atomic E-state index is 13.2. The summed E-state index contributed by atoms with van der Waals surface area (Å²) in [4.78, 5) is 43.0. The third-order valence-electron chi connectivity index (χ3n) is 5.08. The molecule has 1 amide bonds. The van der Waals surface area contributed by atoms with Gasteiger partial charge in [-0.15, -0.1) is 17.9 Å². The average Bonchev–Trinajstić information content (AvgIpc) is 3.31. The topological polar surface area (TPSA) is 107 Å². The number of fused-ring (bicyclic) bond motifs is 3. The number of thioether (sulfide) groups is 1. The zero-order valence-electron chi connectivity index (χ0n) is 16.8. The van der Waals surface area contributed by atoms with Gasteiger partial charge in [0.2, 0.25) is 5.91 Å². The van der Waals surface area contributed by atoms with E-state index in [4.69, 9.17) is 4.98 Å². The summed E-state index contributed by atoms with van der Waals surface area (Å²) in [5.41, 5.74) is 1.26. The van der Waals surface area contributed by atoms with Crippen molar-refractivity contribution in [1.82, 2.24) is 9.55 Å². The summed E-state index contributed by atoms with van der Waals surface area (Å²) >= 11 is 2.74. The molecule has 0 bridgehead atoms. The van der Waals surface area contributed by atoms with E-state index in [1.165, 1.54) is 34.8 Å². The first kappa shape index (κ1) is 21.3. The van der Waals surface area contributed by atoms with Crippen LogP contribution in [0.15, 0.2) is 46.9 Å². The Bertz CT molecular complexity index is 1260. The number of aryl methyl sites for hydroxylation is 2. The standard InChI is InChI=1S/C21H20N4O4S2/c1-3-10-24-20(27)17-15-8-5-9-16(15)31-19(17)23-21(24)30-12(2)18(26)22-13-6-4-7-14(11-13)25(28)29/h3-4,6-7,11-12H,1,5,8-10H2,2H3,(H,22,26). The van der Waals surface area contributed by atoms with Gasteiger partial charge in [-0.3, -0.25) is 24.3 Å². The van der Waals surface area contributed by atoms with Gasteiger partial charge in [-0.05, 0) is 37.8 Å². The fourth-order valence-electron chi connectivity index (χ4n) is 3.59. The Hall–Kier alpha value is -2.98. The number of rotatable bonds is 7. The molecular weight excluding hydrogens is 436 g/mol. The van der Waals surface area contributed by atoms with Crippen molar-refractivity contribution in [2.45, 2.75) is 43.1 Å². The second-order valence-corrected chi connectivity index (χ2v) is 9.58. The average molecular weight is 457 g/mol. The highest BCUT2D eigenvalue weighted by atomic mass is 32.2. The predicted molar refractivity (Wildman–Crippen MR) is 123 cm³/mol. The molecule has 160 valence electrons. The molecule has 0 radical (unpaired) electrons. The molecule has 31 heavy (non-hydrogen) atoms. The number of allylic oxidation sites excluding steroid dienone is 1. The van der Waals surface area contributed by atoms with Crippen LogP contribution in [0.5, 0.6) is 0 Å². The highest BCUT2D eigenvalue weighted by Gasteiger charge is 2.25. The molecule has 2 heterocycles. The van der Waals surface area contributed by atoms with E-state index in [9.17, 15) is 19.7 Å². The second-order valence-electron chi connectivity index (χ2n) is 7.19. The van der Waals surface area contributed by atoms with Gasteiger partial charge < -0.3 is 5.32 Å². The number of thiophene rings is 1. The lowest BCUT2D eigenvalue weighted by Crippen LogP contribution is -2.26. The number of aromatic nitrogens is 2. The molecule has 1 atom stereocenters. The Morgan fingerprint density at radius 3 is 3.03 bits per heavy atom. The first-order chi connectivity index (χ1) is 14.9. The minimum absolute atomic E-state index is 0.0990. The number of carbonyl (C=O) groups excluding carboxylic acids is 1. The molecule has 1 unspecified atom stereocenters. The zero-order valence-corrected chi connectivity index (χ0v) is 18.4. The Kier molecular flexibility index (Phi) is 5.92. The summed E-state index contributed by atoms with van der Waals surface area (Å²) in [6, 6.07) is 5.77. The van der Waals surface area contributed by atoms with Crippen molar-refractivity contribution in [3.63, 3.8) is 0 Å². The fraction of sp³-hybridized carbons (Fsp3) is 0.286. The third-order valence-corrected chi connectivity index (χ3v) is 7.35. The van der Waals surface area contributed by atoms with Crippen molar-refractivity contribution < 1.29 is 9.72 Å². The van der Waals surface area contributed by atoms with Crippen LogP contribution in [0.1, 0.15) is 23.8 Å². The summed E-state index contributed by atoms with van der Waals surface area (Å²) in [7, 11) is 0. The molecule has 1 aromatic carbocycles. The van der Waals surface area contributed by atoms with Crippen molar-refractivity contribution in [3.8, 4) is 0 Å². The summed E-state index contributed by atoms with van der Waals surface area (Å²) in [6.07, 6.45) is 4.57. The van der Waals surface area contributed by atoms with Crippen molar-refractivity contribution in [1.29, 1.82) is 0 Å². The van der Waals surface area contributed by atoms with Crippen LogP contribution in [0.4, 0.5) is 11.4 Å². The van der Waals surface area contributed by atoms with Crippen LogP contribution in [0.3, 0.4) is 0 Å². The van der Waals surface area contributed by atoms with E-state index in [1.54, 1.807) is 35.0 Å². The van der Waals surface area contributed by atoms with Crippen LogP contribution in [-0.4, -0.2) is 25.6 Å². The van der Waals surface area contributed by atoms with E-state index in [2.05, 4.69) is 11.9 Å². The molecule has 0 fully saturated rings. The first-order valence-electron chi connectivity index (χ1n) is 9.77. The second kappa shape index (κ2) is 8.64. The van der Waals surface area contributed by atoms with Crippen molar-refractivity contribution in [2.75, 3.05) is 5.32 Å². The molecule has 10 heteroatoms. The number of amides is 1. The van der Waals surface area contributed by atoms with Crippen LogP contribution in [-0.2, 0) is 24.2 Å². The van der Waals surface area contributed by atoms with Gasteiger partial charge in [-0.1, -0.05) is 23.9 Å². The summed E-state index contributed by atoms with van der Waals surface area (Å²) < 4.78 is 1.56. The number of anilines is 1. The summed E-state index contributed by atoms with van der Waals surface area (Å²) in [5.74, 6) is -0.335. The van der Waals surface area contributed by atoms with Crippen molar-refractivity contribution in [2.24, 2.45) is 0 Å². The number of benzene rings is 1. The van der Waals surface area contributed by atoms with E-state index < -0.39 is 10.2 Å². The van der Waals surface area contributed by atoms with Gasteiger partial charge in [0.15, 0.2) is 5.16 Å². The van der Waals surface area contributed by atoms with E-state index >= 15 is 0 Å². The van der Waals surface area contributed by atoms with Crippen molar-refractivity contribution >= 4 is 50.6 Å². The SMILES string of the molecule is C=CCn1c(SC(C)C(=O)Nc2cccc([N+](=O)[O-])c2)nc2sc3c(c2c1=O)CCC3. The molecule has 8 nitrogen and oxygen atoms in total. The summed E-state index contributed by atoms with van der Waals surface area (Å²) in [6.45, 7) is 5.75. The summed E-state index contributed by atoms with van der Waals surface area (Å²) in [5, 5.41) is 14.2. The quantitative estimate of drug-likeness (QED) is 0.188. The van der Waals surface area contributed by atoms with Crippen LogP contribution in [0.2, 0.25) is 0 Å².